The van der Waals surface area contributed by atoms with Crippen LogP contribution in [0.2, 0.25) is 0 Å². The highest BCUT2D eigenvalue weighted by molar-refractivity contribution is 5.76. The number of pyridine rings is 1. The summed E-state index contributed by atoms with van der Waals surface area (Å²) in [6, 6.07) is 11.7. The molecule has 4 rings (SSSR count). The van der Waals surface area contributed by atoms with Crippen LogP contribution in [0.15, 0.2) is 53.6 Å². The van der Waals surface area contributed by atoms with Crippen LogP contribution < -0.4 is 5.69 Å². The Morgan fingerprint density at radius 2 is 1.70 bits per heavy atom. The first-order chi connectivity index (χ1) is 17.7. The average molecular weight is 505 g/mol. The topological polar surface area (TPSA) is 96.2 Å². The maximum atomic E-state index is 13.0. The molecule has 0 spiro atoms. The van der Waals surface area contributed by atoms with Gasteiger partial charge in [0.1, 0.15) is 23.6 Å². The molecule has 37 heavy (non-hydrogen) atoms. The molecule has 1 aliphatic carbocycles. The fourth-order valence-corrected chi connectivity index (χ4v) is 4.65. The second kappa shape index (κ2) is 11.8. The second-order valence-corrected chi connectivity index (χ2v) is 10.9. The molecule has 8 nitrogen and oxygen atoms in total. The van der Waals surface area contributed by atoms with Gasteiger partial charge in [-0.15, -0.1) is 0 Å². The standard InChI is InChI=1S/C29H36N4O4/c1-20-7-13-23(14-8-20)26-27(24-6-5-15-30-16-24)32-33(28(35)31-26)17-21-9-11-22(12-10-21)18-36-19-25(34)37-29(2,3)4/h5-8,13-16,21-22H,9-12,17-19H2,1-4H3. The van der Waals surface area contributed by atoms with Gasteiger partial charge in [0.2, 0.25) is 0 Å². The van der Waals surface area contributed by atoms with Gasteiger partial charge in [0.25, 0.3) is 0 Å². The zero-order valence-corrected chi connectivity index (χ0v) is 22.1. The summed E-state index contributed by atoms with van der Waals surface area (Å²) in [5, 5.41) is 4.78. The van der Waals surface area contributed by atoms with E-state index in [2.05, 4.69) is 9.97 Å². The molecule has 0 amide bonds. The van der Waals surface area contributed by atoms with Crippen molar-refractivity contribution in [1.29, 1.82) is 0 Å². The number of hydrogen-bond donors (Lipinski definition) is 0. The third-order valence-corrected chi connectivity index (χ3v) is 6.52. The van der Waals surface area contributed by atoms with E-state index in [1.807, 2.05) is 64.1 Å². The summed E-state index contributed by atoms with van der Waals surface area (Å²) >= 11 is 0. The van der Waals surface area contributed by atoms with Gasteiger partial charge in [0.05, 0.1) is 6.61 Å². The molecule has 0 atom stereocenters. The fraction of sp³-hybridized carbons (Fsp3) is 0.483. The van der Waals surface area contributed by atoms with Crippen LogP contribution in [0, 0.1) is 18.8 Å². The molecule has 3 aromatic rings. The minimum Gasteiger partial charge on any atom is -0.458 e. The monoisotopic (exact) mass is 504 g/mol. The first-order valence-corrected chi connectivity index (χ1v) is 12.9. The number of hydrogen-bond acceptors (Lipinski definition) is 7. The van der Waals surface area contributed by atoms with Gasteiger partial charge in [-0.05, 0) is 77.3 Å². The van der Waals surface area contributed by atoms with E-state index in [1.165, 1.54) is 4.68 Å². The summed E-state index contributed by atoms with van der Waals surface area (Å²) < 4.78 is 12.4. The summed E-state index contributed by atoms with van der Waals surface area (Å²) in [5.41, 5.74) is 3.19. The van der Waals surface area contributed by atoms with Crippen molar-refractivity contribution in [1.82, 2.24) is 19.7 Å². The zero-order chi connectivity index (χ0) is 26.4. The lowest BCUT2D eigenvalue weighted by Crippen LogP contribution is -2.32. The quantitative estimate of drug-likeness (QED) is 0.405. The molecule has 0 aliphatic heterocycles. The lowest BCUT2D eigenvalue weighted by molar-refractivity contribution is -0.160. The molecular formula is C29H36N4O4. The van der Waals surface area contributed by atoms with E-state index < -0.39 is 5.60 Å². The number of aryl methyl sites for hydroxylation is 1. The van der Waals surface area contributed by atoms with Gasteiger partial charge in [-0.2, -0.15) is 10.1 Å². The molecule has 1 saturated carbocycles. The van der Waals surface area contributed by atoms with Crippen LogP contribution in [0.4, 0.5) is 0 Å². The van der Waals surface area contributed by atoms with Crippen molar-refractivity contribution in [2.45, 2.75) is 65.5 Å². The van der Waals surface area contributed by atoms with Crippen molar-refractivity contribution in [3.8, 4) is 22.5 Å². The molecule has 0 bridgehead atoms. The summed E-state index contributed by atoms with van der Waals surface area (Å²) in [5.74, 6) is 0.398. The Morgan fingerprint density at radius 3 is 2.35 bits per heavy atom. The van der Waals surface area contributed by atoms with Crippen molar-refractivity contribution >= 4 is 5.97 Å². The minimum atomic E-state index is -0.505. The van der Waals surface area contributed by atoms with Crippen molar-refractivity contribution < 1.29 is 14.3 Å². The first-order valence-electron chi connectivity index (χ1n) is 12.9. The second-order valence-electron chi connectivity index (χ2n) is 10.9. The van der Waals surface area contributed by atoms with Gasteiger partial charge in [-0.1, -0.05) is 29.8 Å². The van der Waals surface area contributed by atoms with Crippen LogP contribution in [0.5, 0.6) is 0 Å². The SMILES string of the molecule is Cc1ccc(-c2nc(=O)n(CC3CCC(COCC(=O)OC(C)(C)C)CC3)nc2-c2cccnc2)cc1. The van der Waals surface area contributed by atoms with Crippen LogP contribution >= 0.6 is 0 Å². The van der Waals surface area contributed by atoms with E-state index >= 15 is 0 Å². The number of esters is 1. The Morgan fingerprint density at radius 1 is 1.00 bits per heavy atom. The van der Waals surface area contributed by atoms with E-state index in [4.69, 9.17) is 14.6 Å². The normalized spacial score (nSPS) is 17.9. The molecule has 0 saturated heterocycles. The Hall–Kier alpha value is -3.39. The molecule has 0 radical (unpaired) electrons. The first kappa shape index (κ1) is 26.7. The van der Waals surface area contributed by atoms with Crippen LogP contribution in [0.3, 0.4) is 0 Å². The van der Waals surface area contributed by atoms with Crippen molar-refractivity contribution in [3.63, 3.8) is 0 Å². The van der Waals surface area contributed by atoms with E-state index in [1.54, 1.807) is 12.4 Å². The lowest BCUT2D eigenvalue weighted by Gasteiger charge is -2.28. The highest BCUT2D eigenvalue weighted by Crippen LogP contribution is 2.31. The number of benzene rings is 1. The highest BCUT2D eigenvalue weighted by atomic mass is 16.6. The molecule has 8 heteroatoms. The maximum Gasteiger partial charge on any atom is 0.364 e. The molecule has 196 valence electrons. The number of rotatable bonds is 8. The maximum absolute atomic E-state index is 13.0. The average Bonchev–Trinajstić information content (AvgIpc) is 2.86. The third-order valence-electron chi connectivity index (χ3n) is 6.52. The van der Waals surface area contributed by atoms with Crippen LogP contribution in [-0.4, -0.2) is 44.5 Å². The van der Waals surface area contributed by atoms with Gasteiger partial charge in [-0.3, -0.25) is 4.98 Å². The molecular weight excluding hydrogens is 468 g/mol. The number of ether oxygens (including phenoxy) is 2. The molecule has 2 heterocycles. The fourth-order valence-electron chi connectivity index (χ4n) is 4.65. The van der Waals surface area contributed by atoms with Gasteiger partial charge in [0.15, 0.2) is 0 Å². The Balaban J connectivity index is 1.41. The summed E-state index contributed by atoms with van der Waals surface area (Å²) in [7, 11) is 0. The van der Waals surface area contributed by atoms with E-state index in [0.717, 1.165) is 42.4 Å². The highest BCUT2D eigenvalue weighted by Gasteiger charge is 2.24. The predicted octanol–water partition coefficient (Wildman–Crippen LogP) is 4.84. The van der Waals surface area contributed by atoms with Gasteiger partial charge < -0.3 is 9.47 Å². The zero-order valence-electron chi connectivity index (χ0n) is 22.1. The largest absolute Gasteiger partial charge is 0.458 e. The van der Waals surface area contributed by atoms with Crippen molar-refractivity contribution in [2.75, 3.05) is 13.2 Å². The number of nitrogens with zero attached hydrogens (tertiary/aromatic N) is 4. The van der Waals surface area contributed by atoms with Crippen LogP contribution in [0.1, 0.15) is 52.0 Å². The number of carbonyl (C=O) groups excluding carboxylic acids is 1. The number of aromatic nitrogens is 4. The predicted molar refractivity (Wildman–Crippen MR) is 142 cm³/mol. The Bertz CT molecular complexity index is 1240. The summed E-state index contributed by atoms with van der Waals surface area (Å²) in [4.78, 5) is 33.6. The smallest absolute Gasteiger partial charge is 0.364 e. The van der Waals surface area contributed by atoms with Gasteiger partial charge >= 0.3 is 11.7 Å². The van der Waals surface area contributed by atoms with E-state index in [9.17, 15) is 9.59 Å². The molecule has 1 aliphatic rings. The minimum absolute atomic E-state index is 0.0212. The van der Waals surface area contributed by atoms with Gasteiger partial charge in [0, 0.05) is 30.1 Å². The van der Waals surface area contributed by atoms with E-state index in [0.29, 0.717) is 36.4 Å². The molecule has 1 fully saturated rings. The van der Waals surface area contributed by atoms with Crippen LogP contribution in [0.25, 0.3) is 22.5 Å². The Kier molecular flexibility index (Phi) is 8.48. The van der Waals surface area contributed by atoms with E-state index in [-0.39, 0.29) is 18.3 Å². The Labute approximate surface area is 218 Å². The molecule has 0 N–H and O–H groups in total. The van der Waals surface area contributed by atoms with Crippen molar-refractivity contribution in [2.24, 2.45) is 11.8 Å². The molecule has 0 unspecified atom stereocenters. The van der Waals surface area contributed by atoms with Gasteiger partial charge in [-0.25, -0.2) is 14.3 Å². The summed E-state index contributed by atoms with van der Waals surface area (Å²) in [6.07, 6.45) is 7.37. The number of carbonyl (C=O) groups is 1. The summed E-state index contributed by atoms with van der Waals surface area (Å²) in [6.45, 7) is 8.61. The third kappa shape index (κ3) is 7.55. The lowest BCUT2D eigenvalue weighted by atomic mass is 9.82. The van der Waals surface area contributed by atoms with Crippen LogP contribution in [-0.2, 0) is 20.8 Å². The molecule has 2 aromatic heterocycles. The van der Waals surface area contributed by atoms with Crippen molar-refractivity contribution in [3.05, 3.63) is 64.8 Å². The molecule has 1 aromatic carbocycles.